The largest absolute Gasteiger partial charge is 0.396 e. The Bertz CT molecular complexity index is 332. The van der Waals surface area contributed by atoms with Crippen molar-refractivity contribution < 1.29 is 9.90 Å². The lowest BCUT2D eigenvalue weighted by Crippen LogP contribution is -2.44. The van der Waals surface area contributed by atoms with Crippen LogP contribution in [0.2, 0.25) is 0 Å². The molecule has 0 saturated heterocycles. The number of hydrogen-bond acceptors (Lipinski definition) is 2. The molecule has 0 aromatic carbocycles. The Labute approximate surface area is 119 Å². The summed E-state index contributed by atoms with van der Waals surface area (Å²) in [6, 6.07) is 0. The molecule has 1 N–H and O–H groups in total. The van der Waals surface area contributed by atoms with Gasteiger partial charge in [0.25, 0.3) is 0 Å². The third kappa shape index (κ3) is 3.81. The Morgan fingerprint density at radius 2 is 1.63 bits per heavy atom. The first-order chi connectivity index (χ1) is 8.42. The van der Waals surface area contributed by atoms with E-state index in [9.17, 15) is 4.79 Å². The minimum atomic E-state index is -0.278. The highest BCUT2D eigenvalue weighted by atomic mass is 16.3. The SMILES string of the molecule is CC(C)(C)CC(C)(C(=O)C1C[C@H]1CCO)C(C)(C)C. The summed E-state index contributed by atoms with van der Waals surface area (Å²) < 4.78 is 0. The van der Waals surface area contributed by atoms with Gasteiger partial charge in [-0.15, -0.1) is 0 Å². The fourth-order valence-electron chi connectivity index (χ4n) is 3.25. The third-order valence-corrected chi connectivity index (χ3v) is 4.84. The van der Waals surface area contributed by atoms with Crippen molar-refractivity contribution in [2.24, 2.45) is 28.1 Å². The van der Waals surface area contributed by atoms with Gasteiger partial charge >= 0.3 is 0 Å². The number of rotatable bonds is 5. The molecular formula is C17H32O2. The number of Topliss-reactive ketones (excluding diaryl/α,β-unsaturated/α-hetero) is 1. The van der Waals surface area contributed by atoms with E-state index in [1.807, 2.05) is 0 Å². The second-order valence-corrected chi connectivity index (χ2v) is 8.80. The molecule has 0 spiro atoms. The van der Waals surface area contributed by atoms with Crippen molar-refractivity contribution in [3.05, 3.63) is 0 Å². The molecule has 1 aliphatic carbocycles. The van der Waals surface area contributed by atoms with Crippen molar-refractivity contribution in [1.82, 2.24) is 0 Å². The van der Waals surface area contributed by atoms with Gasteiger partial charge in [0.05, 0.1) is 0 Å². The number of carbonyl (C=O) groups is 1. The van der Waals surface area contributed by atoms with Gasteiger partial charge in [0.15, 0.2) is 0 Å². The zero-order valence-corrected chi connectivity index (χ0v) is 13.8. The van der Waals surface area contributed by atoms with Gasteiger partial charge in [0.1, 0.15) is 5.78 Å². The molecule has 0 radical (unpaired) electrons. The van der Waals surface area contributed by atoms with Gasteiger partial charge in [-0.2, -0.15) is 0 Å². The molecule has 2 nitrogen and oxygen atoms in total. The second-order valence-electron chi connectivity index (χ2n) is 8.80. The molecule has 1 aliphatic rings. The van der Waals surface area contributed by atoms with Crippen molar-refractivity contribution in [1.29, 1.82) is 0 Å². The summed E-state index contributed by atoms with van der Waals surface area (Å²) in [7, 11) is 0. The zero-order chi connectivity index (χ0) is 15.1. The zero-order valence-electron chi connectivity index (χ0n) is 13.8. The van der Waals surface area contributed by atoms with Crippen molar-refractivity contribution >= 4 is 5.78 Å². The molecule has 0 aromatic rings. The van der Waals surface area contributed by atoms with E-state index in [1.165, 1.54) is 0 Å². The predicted octanol–water partition coefficient (Wildman–Crippen LogP) is 4.06. The van der Waals surface area contributed by atoms with Gasteiger partial charge in [-0.1, -0.05) is 48.5 Å². The van der Waals surface area contributed by atoms with Crippen LogP contribution in [0.5, 0.6) is 0 Å². The molecule has 0 heterocycles. The maximum atomic E-state index is 13.0. The lowest BCUT2D eigenvalue weighted by Gasteiger charge is -2.45. The first-order valence-electron chi connectivity index (χ1n) is 7.57. The van der Waals surface area contributed by atoms with Gasteiger partial charge < -0.3 is 5.11 Å². The molecular weight excluding hydrogens is 236 g/mol. The molecule has 2 heteroatoms. The second kappa shape index (κ2) is 5.20. The lowest BCUT2D eigenvalue weighted by molar-refractivity contribution is -0.138. The van der Waals surface area contributed by atoms with Gasteiger partial charge in [-0.25, -0.2) is 0 Å². The maximum absolute atomic E-state index is 13.0. The van der Waals surface area contributed by atoms with Crippen molar-refractivity contribution in [2.45, 2.75) is 67.7 Å². The summed E-state index contributed by atoms with van der Waals surface area (Å²) in [4.78, 5) is 13.0. The van der Waals surface area contributed by atoms with Crippen LogP contribution < -0.4 is 0 Å². The topological polar surface area (TPSA) is 37.3 Å². The van der Waals surface area contributed by atoms with Gasteiger partial charge in [-0.05, 0) is 36.0 Å². The fourth-order valence-corrected chi connectivity index (χ4v) is 3.25. The Morgan fingerprint density at radius 1 is 1.11 bits per heavy atom. The summed E-state index contributed by atoms with van der Waals surface area (Å²) in [6.45, 7) is 15.5. The van der Waals surface area contributed by atoms with Gasteiger partial charge in [-0.3, -0.25) is 4.79 Å². The van der Waals surface area contributed by atoms with Crippen LogP contribution in [-0.4, -0.2) is 17.5 Å². The first kappa shape index (κ1) is 16.7. The summed E-state index contributed by atoms with van der Waals surface area (Å²) in [6.07, 6.45) is 2.69. The molecule has 1 saturated carbocycles. The van der Waals surface area contributed by atoms with Crippen LogP contribution in [0.1, 0.15) is 67.7 Å². The number of aliphatic hydroxyl groups excluding tert-OH is 1. The molecule has 0 aliphatic heterocycles. The van der Waals surface area contributed by atoms with Crippen LogP contribution in [0.4, 0.5) is 0 Å². The van der Waals surface area contributed by atoms with Crippen molar-refractivity contribution in [3.8, 4) is 0 Å². The standard InChI is InChI=1S/C17H32O2/c1-15(2,3)11-17(7,16(4,5)6)14(19)13-10-12(13)8-9-18/h12-13,18H,8-11H2,1-7H3/t12-,13?,17?/m1/s1. The highest BCUT2D eigenvalue weighted by Crippen LogP contribution is 2.54. The Morgan fingerprint density at radius 3 is 2.00 bits per heavy atom. The predicted molar refractivity (Wildman–Crippen MR) is 79.9 cm³/mol. The third-order valence-electron chi connectivity index (χ3n) is 4.84. The van der Waals surface area contributed by atoms with E-state index < -0.39 is 0 Å². The average molecular weight is 268 g/mol. The highest BCUT2D eigenvalue weighted by Gasteiger charge is 2.54. The molecule has 0 aromatic heterocycles. The first-order valence-corrected chi connectivity index (χ1v) is 7.57. The minimum Gasteiger partial charge on any atom is -0.396 e. The van der Waals surface area contributed by atoms with Crippen LogP contribution in [0.15, 0.2) is 0 Å². The highest BCUT2D eigenvalue weighted by molar-refractivity contribution is 5.89. The van der Waals surface area contributed by atoms with E-state index in [1.54, 1.807) is 0 Å². The normalized spacial score (nSPS) is 26.9. The van der Waals surface area contributed by atoms with E-state index in [-0.39, 0.29) is 28.8 Å². The Kier molecular flexibility index (Phi) is 4.56. The number of hydrogen-bond donors (Lipinski definition) is 1. The van der Waals surface area contributed by atoms with Crippen LogP contribution in [0.25, 0.3) is 0 Å². The molecule has 3 atom stereocenters. The van der Waals surface area contributed by atoms with E-state index >= 15 is 0 Å². The van der Waals surface area contributed by atoms with Crippen LogP contribution in [0.3, 0.4) is 0 Å². The van der Waals surface area contributed by atoms with Gasteiger partial charge in [0, 0.05) is 17.9 Å². The monoisotopic (exact) mass is 268 g/mol. The van der Waals surface area contributed by atoms with Crippen molar-refractivity contribution in [3.63, 3.8) is 0 Å². The molecule has 19 heavy (non-hydrogen) atoms. The Hall–Kier alpha value is -0.370. The van der Waals surface area contributed by atoms with Crippen LogP contribution >= 0.6 is 0 Å². The average Bonchev–Trinajstić information content (AvgIpc) is 2.92. The quantitative estimate of drug-likeness (QED) is 0.816. The number of aliphatic hydroxyl groups is 1. The lowest BCUT2D eigenvalue weighted by atomic mass is 9.58. The van der Waals surface area contributed by atoms with E-state index in [4.69, 9.17) is 5.11 Å². The molecule has 0 bridgehead atoms. The fraction of sp³-hybridized carbons (Fsp3) is 0.941. The summed E-state index contributed by atoms with van der Waals surface area (Å²) in [5, 5.41) is 9.01. The molecule has 1 fully saturated rings. The summed E-state index contributed by atoms with van der Waals surface area (Å²) >= 11 is 0. The number of ketones is 1. The van der Waals surface area contributed by atoms with E-state index in [2.05, 4.69) is 48.5 Å². The summed E-state index contributed by atoms with van der Waals surface area (Å²) in [5.41, 5.74) is -0.150. The molecule has 1 rings (SSSR count). The minimum absolute atomic E-state index is 0.0241. The van der Waals surface area contributed by atoms with Crippen molar-refractivity contribution in [2.75, 3.05) is 6.61 Å². The number of carbonyl (C=O) groups excluding carboxylic acids is 1. The van der Waals surface area contributed by atoms with E-state index in [0.29, 0.717) is 11.7 Å². The van der Waals surface area contributed by atoms with Crippen LogP contribution in [0, 0.1) is 28.1 Å². The molecule has 112 valence electrons. The molecule has 2 unspecified atom stereocenters. The van der Waals surface area contributed by atoms with Gasteiger partial charge in [0.2, 0.25) is 0 Å². The van der Waals surface area contributed by atoms with Crippen LogP contribution in [-0.2, 0) is 4.79 Å². The Balaban J connectivity index is 2.90. The maximum Gasteiger partial charge on any atom is 0.142 e. The van der Waals surface area contributed by atoms with E-state index in [0.717, 1.165) is 19.3 Å². The molecule has 0 amide bonds. The summed E-state index contributed by atoms with van der Waals surface area (Å²) in [5.74, 6) is 1.05. The smallest absolute Gasteiger partial charge is 0.142 e.